The van der Waals surface area contributed by atoms with Crippen LogP contribution in [0.4, 0.5) is 0 Å². The molecule has 1 unspecified atom stereocenters. The molecule has 7 heteroatoms. The van der Waals surface area contributed by atoms with Crippen molar-refractivity contribution in [1.29, 1.82) is 0 Å². The summed E-state index contributed by atoms with van der Waals surface area (Å²) < 4.78 is 0.822. The van der Waals surface area contributed by atoms with E-state index >= 15 is 0 Å². The molecule has 0 radical (unpaired) electrons. The average Bonchev–Trinajstić information content (AvgIpc) is 2.66. The molecule has 0 aromatic heterocycles. The molecule has 0 heterocycles. The molecule has 0 aliphatic carbocycles. The van der Waals surface area contributed by atoms with E-state index in [1.165, 1.54) is 6.08 Å². The van der Waals surface area contributed by atoms with Crippen molar-refractivity contribution in [2.75, 3.05) is 0 Å². The second-order valence-electron chi connectivity index (χ2n) is 6.46. The molecule has 6 nitrogen and oxygen atoms in total. The van der Waals surface area contributed by atoms with Crippen LogP contribution in [0.15, 0.2) is 64.8 Å². The number of nitrogens with one attached hydrogen (secondary N) is 2. The van der Waals surface area contributed by atoms with Gasteiger partial charge in [0, 0.05) is 10.0 Å². The Morgan fingerprint density at radius 3 is 2.14 bits per heavy atom. The zero-order valence-electron chi connectivity index (χ0n) is 15.5. The molecular weight excluding hydrogens is 424 g/mol. The maximum Gasteiger partial charge on any atom is 0.326 e. The molecule has 2 aromatic rings. The minimum absolute atomic E-state index is 0.0361. The van der Waals surface area contributed by atoms with E-state index < -0.39 is 23.8 Å². The molecule has 3 N–H and O–H groups in total. The molecule has 0 aliphatic rings. The summed E-state index contributed by atoms with van der Waals surface area (Å²) in [6.07, 6.45) is 1.51. The van der Waals surface area contributed by atoms with Gasteiger partial charge in [-0.25, -0.2) is 4.79 Å². The Morgan fingerprint density at radius 2 is 1.61 bits per heavy atom. The number of amides is 2. The molecule has 0 bridgehead atoms. The lowest BCUT2D eigenvalue weighted by Crippen LogP contribution is -2.47. The lowest BCUT2D eigenvalue weighted by molar-refractivity contribution is -0.142. The summed E-state index contributed by atoms with van der Waals surface area (Å²) in [4.78, 5) is 36.7. The molecule has 146 valence electrons. The third kappa shape index (κ3) is 6.06. The molecule has 2 aromatic carbocycles. The number of carbonyl (C=O) groups is 3. The quantitative estimate of drug-likeness (QED) is 0.569. The van der Waals surface area contributed by atoms with Crippen LogP contribution >= 0.6 is 15.9 Å². The van der Waals surface area contributed by atoms with E-state index in [1.807, 2.05) is 6.07 Å². The number of rotatable bonds is 7. The molecule has 0 aliphatic heterocycles. The first kappa shape index (κ1) is 21.4. The van der Waals surface area contributed by atoms with Crippen LogP contribution < -0.4 is 10.6 Å². The highest BCUT2D eigenvalue weighted by atomic mass is 79.9. The third-order valence-electron chi connectivity index (χ3n) is 3.93. The van der Waals surface area contributed by atoms with Crippen molar-refractivity contribution in [2.24, 2.45) is 5.92 Å². The van der Waals surface area contributed by atoms with Gasteiger partial charge in [-0.1, -0.05) is 60.1 Å². The highest BCUT2D eigenvalue weighted by molar-refractivity contribution is 9.10. The Kier molecular flexibility index (Phi) is 7.52. The number of hydrogen-bond donors (Lipinski definition) is 3. The summed E-state index contributed by atoms with van der Waals surface area (Å²) in [5.41, 5.74) is 1.03. The van der Waals surface area contributed by atoms with Gasteiger partial charge in [0.25, 0.3) is 11.8 Å². The van der Waals surface area contributed by atoms with Crippen LogP contribution in [0.5, 0.6) is 0 Å². The van der Waals surface area contributed by atoms with Crippen molar-refractivity contribution in [3.8, 4) is 0 Å². The summed E-state index contributed by atoms with van der Waals surface area (Å²) in [5, 5.41) is 14.4. The second-order valence-corrected chi connectivity index (χ2v) is 7.38. The predicted molar refractivity (Wildman–Crippen MR) is 110 cm³/mol. The standard InChI is InChI=1S/C21H21BrN2O4/c1-13(2)18(21(27)28)24-20(26)17(12-14-6-4-3-5-7-14)23-19(25)15-8-10-16(22)11-9-15/h3-13,18H,1-2H3,(H,23,25)(H,24,26)(H,27,28)/b17-12+. The van der Waals surface area contributed by atoms with Crippen molar-refractivity contribution in [1.82, 2.24) is 10.6 Å². The van der Waals surface area contributed by atoms with E-state index in [9.17, 15) is 19.5 Å². The van der Waals surface area contributed by atoms with E-state index in [0.29, 0.717) is 11.1 Å². The Labute approximate surface area is 171 Å². The molecule has 2 rings (SSSR count). The zero-order valence-corrected chi connectivity index (χ0v) is 17.1. The fourth-order valence-electron chi connectivity index (χ4n) is 2.40. The fourth-order valence-corrected chi connectivity index (χ4v) is 2.67. The first-order valence-corrected chi connectivity index (χ1v) is 9.44. The van der Waals surface area contributed by atoms with Gasteiger partial charge in [-0.05, 0) is 41.8 Å². The monoisotopic (exact) mass is 444 g/mol. The van der Waals surface area contributed by atoms with Crippen LogP contribution in [0.3, 0.4) is 0 Å². The summed E-state index contributed by atoms with van der Waals surface area (Å²) in [7, 11) is 0. The highest BCUT2D eigenvalue weighted by Crippen LogP contribution is 2.12. The molecule has 0 fully saturated rings. The normalized spacial score (nSPS) is 12.4. The van der Waals surface area contributed by atoms with Crippen molar-refractivity contribution < 1.29 is 19.5 Å². The van der Waals surface area contributed by atoms with Crippen molar-refractivity contribution >= 4 is 39.8 Å². The molecule has 1 atom stereocenters. The van der Waals surface area contributed by atoms with Gasteiger partial charge in [0.2, 0.25) is 0 Å². The summed E-state index contributed by atoms with van der Waals surface area (Å²) in [6, 6.07) is 14.6. The maximum atomic E-state index is 12.7. The van der Waals surface area contributed by atoms with Crippen LogP contribution in [0.25, 0.3) is 6.08 Å². The summed E-state index contributed by atoms with van der Waals surface area (Å²) >= 11 is 3.30. The van der Waals surface area contributed by atoms with Crippen LogP contribution in [-0.2, 0) is 9.59 Å². The first-order valence-electron chi connectivity index (χ1n) is 8.65. The van der Waals surface area contributed by atoms with Crippen molar-refractivity contribution in [3.63, 3.8) is 0 Å². The Morgan fingerprint density at radius 1 is 1.00 bits per heavy atom. The first-order chi connectivity index (χ1) is 13.3. The molecule has 0 spiro atoms. The SMILES string of the molecule is CC(C)C(NC(=O)/C(=C\c1ccccc1)NC(=O)c1ccc(Br)cc1)C(=O)O. The minimum Gasteiger partial charge on any atom is -0.480 e. The van der Waals surface area contributed by atoms with Gasteiger partial charge in [-0.3, -0.25) is 9.59 Å². The van der Waals surface area contributed by atoms with Crippen LogP contribution in [0.1, 0.15) is 29.8 Å². The molecular formula is C21H21BrN2O4. The number of carbonyl (C=O) groups excluding carboxylic acids is 2. The number of hydrogen-bond acceptors (Lipinski definition) is 3. The topological polar surface area (TPSA) is 95.5 Å². The van der Waals surface area contributed by atoms with Crippen molar-refractivity contribution in [3.05, 3.63) is 75.9 Å². The lowest BCUT2D eigenvalue weighted by Gasteiger charge is -2.19. The van der Waals surface area contributed by atoms with E-state index in [2.05, 4.69) is 26.6 Å². The minimum atomic E-state index is -1.14. The lowest BCUT2D eigenvalue weighted by atomic mass is 10.0. The number of benzene rings is 2. The Balaban J connectivity index is 2.30. The van der Waals surface area contributed by atoms with Gasteiger partial charge in [0.1, 0.15) is 11.7 Å². The largest absolute Gasteiger partial charge is 0.480 e. The highest BCUT2D eigenvalue weighted by Gasteiger charge is 2.25. The Hall–Kier alpha value is -2.93. The Bertz CT molecular complexity index is 877. The average molecular weight is 445 g/mol. The summed E-state index contributed by atoms with van der Waals surface area (Å²) in [6.45, 7) is 3.39. The van der Waals surface area contributed by atoms with E-state index in [4.69, 9.17) is 0 Å². The van der Waals surface area contributed by atoms with Crippen LogP contribution in [0.2, 0.25) is 0 Å². The van der Waals surface area contributed by atoms with Crippen LogP contribution in [0, 0.1) is 5.92 Å². The molecule has 28 heavy (non-hydrogen) atoms. The number of carboxylic acid groups (broad SMARTS) is 1. The molecule has 2 amide bonds. The fraction of sp³-hybridized carbons (Fsp3) is 0.190. The van der Waals surface area contributed by atoms with E-state index in [-0.39, 0.29) is 11.6 Å². The maximum absolute atomic E-state index is 12.7. The van der Waals surface area contributed by atoms with Crippen LogP contribution in [-0.4, -0.2) is 28.9 Å². The van der Waals surface area contributed by atoms with Gasteiger partial charge in [0.05, 0.1) is 0 Å². The molecule has 0 saturated heterocycles. The number of carboxylic acids is 1. The zero-order chi connectivity index (χ0) is 20.7. The third-order valence-corrected chi connectivity index (χ3v) is 4.46. The predicted octanol–water partition coefficient (Wildman–Crippen LogP) is 3.45. The summed E-state index contributed by atoms with van der Waals surface area (Å²) in [5.74, 6) is -2.60. The van der Waals surface area contributed by atoms with Gasteiger partial charge >= 0.3 is 5.97 Å². The number of aliphatic carboxylic acids is 1. The molecule has 0 saturated carbocycles. The van der Waals surface area contributed by atoms with Gasteiger partial charge in [-0.2, -0.15) is 0 Å². The van der Waals surface area contributed by atoms with E-state index in [1.54, 1.807) is 62.4 Å². The van der Waals surface area contributed by atoms with E-state index in [0.717, 1.165) is 4.47 Å². The second kappa shape index (κ2) is 9.85. The number of halogens is 1. The van der Waals surface area contributed by atoms with Crippen molar-refractivity contribution in [2.45, 2.75) is 19.9 Å². The van der Waals surface area contributed by atoms with Gasteiger partial charge in [-0.15, -0.1) is 0 Å². The van der Waals surface area contributed by atoms with Gasteiger partial charge < -0.3 is 15.7 Å². The smallest absolute Gasteiger partial charge is 0.326 e. The van der Waals surface area contributed by atoms with Gasteiger partial charge in [0.15, 0.2) is 0 Å².